The Labute approximate surface area is 232 Å². The summed E-state index contributed by atoms with van der Waals surface area (Å²) in [5.41, 5.74) is 0.251. The molecular weight excluding hydrogens is 508 g/mol. The maximum atomic E-state index is 13.3. The molecule has 2 saturated heterocycles. The molecule has 1 N–H and O–H groups in total. The molecular formula is C28H45ClN4O5. The Morgan fingerprint density at radius 1 is 1.05 bits per heavy atom. The first-order valence-corrected chi connectivity index (χ1v) is 14.0. The van der Waals surface area contributed by atoms with Gasteiger partial charge in [0.05, 0.1) is 17.1 Å². The Morgan fingerprint density at radius 3 is 2.24 bits per heavy atom. The van der Waals surface area contributed by atoms with Crippen LogP contribution in [-0.4, -0.2) is 85.2 Å². The summed E-state index contributed by atoms with van der Waals surface area (Å²) >= 11 is 6.31. The highest BCUT2D eigenvalue weighted by molar-refractivity contribution is 6.34. The number of nitrogens with zero attached hydrogens (tertiary/aromatic N) is 3. The number of rotatable bonds is 7. The van der Waals surface area contributed by atoms with Crippen LogP contribution in [0.25, 0.3) is 0 Å². The summed E-state index contributed by atoms with van der Waals surface area (Å²) in [7, 11) is 1.89. The van der Waals surface area contributed by atoms with E-state index in [9.17, 15) is 14.4 Å². The SMILES string of the molecule is CC(C)C.CCCC.CNCCC(C)CN1CC2N(CC1=O)C(=O)CN2C(=O)c1cc2c(cc1Cl)OCO2. The van der Waals surface area contributed by atoms with E-state index >= 15 is 0 Å². The average molecular weight is 553 g/mol. The quantitative estimate of drug-likeness (QED) is 0.544. The van der Waals surface area contributed by atoms with Gasteiger partial charge < -0.3 is 29.5 Å². The molecule has 38 heavy (non-hydrogen) atoms. The topological polar surface area (TPSA) is 91.4 Å². The number of hydrogen-bond donors (Lipinski definition) is 1. The Hall–Kier alpha value is -2.52. The lowest BCUT2D eigenvalue weighted by molar-refractivity contribution is -0.146. The van der Waals surface area contributed by atoms with Crippen molar-refractivity contribution in [2.45, 2.75) is 67.0 Å². The molecule has 0 radical (unpaired) electrons. The summed E-state index contributed by atoms with van der Waals surface area (Å²) in [5, 5.41) is 3.35. The van der Waals surface area contributed by atoms with Gasteiger partial charge in [-0.1, -0.05) is 66.0 Å². The fraction of sp³-hybridized carbons (Fsp3) is 0.679. The third kappa shape index (κ3) is 8.50. The van der Waals surface area contributed by atoms with Gasteiger partial charge >= 0.3 is 0 Å². The van der Waals surface area contributed by atoms with Gasteiger partial charge in [-0.05, 0) is 37.9 Å². The zero-order valence-electron chi connectivity index (χ0n) is 24.0. The maximum Gasteiger partial charge on any atom is 0.257 e. The molecule has 3 amide bonds. The monoisotopic (exact) mass is 552 g/mol. The van der Waals surface area contributed by atoms with Crippen LogP contribution in [0.4, 0.5) is 0 Å². The molecule has 3 heterocycles. The minimum atomic E-state index is -0.499. The molecule has 1 aromatic rings. The number of hydrogen-bond acceptors (Lipinski definition) is 6. The van der Waals surface area contributed by atoms with Crippen molar-refractivity contribution < 1.29 is 23.9 Å². The van der Waals surface area contributed by atoms with Crippen LogP contribution in [0.2, 0.25) is 5.02 Å². The number of piperazine rings is 1. The van der Waals surface area contributed by atoms with E-state index in [0.29, 0.717) is 30.5 Å². The second-order valence-electron chi connectivity index (χ2n) is 10.6. The van der Waals surface area contributed by atoms with Gasteiger partial charge in [-0.2, -0.15) is 0 Å². The van der Waals surface area contributed by atoms with Crippen molar-refractivity contribution in [3.63, 3.8) is 0 Å². The van der Waals surface area contributed by atoms with Crippen LogP contribution in [0.5, 0.6) is 11.5 Å². The molecule has 214 valence electrons. The number of unbranched alkanes of at least 4 members (excludes halogenated alkanes) is 1. The highest BCUT2D eigenvalue weighted by Crippen LogP contribution is 2.38. The molecule has 0 saturated carbocycles. The first kappa shape index (κ1) is 31.7. The van der Waals surface area contributed by atoms with Gasteiger partial charge in [0.25, 0.3) is 5.91 Å². The molecule has 1 aromatic carbocycles. The highest BCUT2D eigenvalue weighted by atomic mass is 35.5. The van der Waals surface area contributed by atoms with Crippen molar-refractivity contribution in [3.05, 3.63) is 22.7 Å². The van der Waals surface area contributed by atoms with E-state index in [1.807, 2.05) is 7.05 Å². The van der Waals surface area contributed by atoms with Crippen molar-refractivity contribution in [1.29, 1.82) is 0 Å². The standard InChI is InChI=1S/C20H25ClN4O5.2C4H10/c1-12(3-4-22-2)7-23-8-17-24(9-18(23)26)19(27)10-25(17)20(28)13-5-15-16(6-14(13)21)30-11-29-15;1-4(2)3;1-3-4-2/h5-6,12,17,22H,3-4,7-11H2,1-2H3;4H,1-3H3;3-4H2,1-2H3. The fourth-order valence-corrected chi connectivity index (χ4v) is 4.32. The summed E-state index contributed by atoms with van der Waals surface area (Å²) in [6.07, 6.45) is 3.07. The van der Waals surface area contributed by atoms with E-state index in [4.69, 9.17) is 21.1 Å². The van der Waals surface area contributed by atoms with Crippen molar-refractivity contribution in [2.24, 2.45) is 11.8 Å². The summed E-state index contributed by atoms with van der Waals surface area (Å²) in [5.74, 6) is 1.38. The van der Waals surface area contributed by atoms with Crippen LogP contribution in [0.15, 0.2) is 12.1 Å². The third-order valence-corrected chi connectivity index (χ3v) is 6.57. The molecule has 0 spiro atoms. The van der Waals surface area contributed by atoms with E-state index in [2.05, 4.69) is 46.9 Å². The third-order valence-electron chi connectivity index (χ3n) is 6.26. The van der Waals surface area contributed by atoms with E-state index in [1.165, 1.54) is 22.6 Å². The molecule has 3 aliphatic heterocycles. The van der Waals surface area contributed by atoms with Crippen LogP contribution in [0.1, 0.15) is 71.2 Å². The normalized spacial score (nSPS) is 18.6. The number of fused-ring (bicyclic) bond motifs is 2. The Morgan fingerprint density at radius 2 is 1.66 bits per heavy atom. The zero-order chi connectivity index (χ0) is 28.4. The second-order valence-corrected chi connectivity index (χ2v) is 11.1. The number of carbonyl (C=O) groups excluding carboxylic acids is 3. The minimum Gasteiger partial charge on any atom is -0.454 e. The summed E-state index contributed by atoms with van der Waals surface area (Å²) < 4.78 is 10.6. The van der Waals surface area contributed by atoms with Crippen molar-refractivity contribution in [3.8, 4) is 11.5 Å². The molecule has 0 bridgehead atoms. The van der Waals surface area contributed by atoms with Gasteiger partial charge in [-0.15, -0.1) is 0 Å². The maximum absolute atomic E-state index is 13.3. The van der Waals surface area contributed by atoms with Crippen LogP contribution in [0.3, 0.4) is 0 Å². The first-order chi connectivity index (χ1) is 18.0. The molecule has 0 aromatic heterocycles. The predicted octanol–water partition coefficient (Wildman–Crippen LogP) is 4.24. The number of halogens is 1. The van der Waals surface area contributed by atoms with Gasteiger partial charge in [0.1, 0.15) is 19.3 Å². The van der Waals surface area contributed by atoms with Gasteiger partial charge in [-0.3, -0.25) is 14.4 Å². The van der Waals surface area contributed by atoms with E-state index in [0.717, 1.165) is 18.9 Å². The molecule has 2 unspecified atom stereocenters. The van der Waals surface area contributed by atoms with Crippen molar-refractivity contribution in [1.82, 2.24) is 20.0 Å². The van der Waals surface area contributed by atoms with Gasteiger partial charge in [0.15, 0.2) is 11.5 Å². The summed E-state index contributed by atoms with van der Waals surface area (Å²) in [4.78, 5) is 43.1. The van der Waals surface area contributed by atoms with E-state index in [-0.39, 0.29) is 48.2 Å². The molecule has 9 nitrogen and oxygen atoms in total. The number of ether oxygens (including phenoxy) is 2. The zero-order valence-corrected chi connectivity index (χ0v) is 24.8. The lowest BCUT2D eigenvalue weighted by Gasteiger charge is -2.40. The average Bonchev–Trinajstić information content (AvgIpc) is 3.45. The lowest BCUT2D eigenvalue weighted by atomic mass is 10.1. The van der Waals surface area contributed by atoms with E-state index in [1.54, 1.807) is 17.0 Å². The van der Waals surface area contributed by atoms with E-state index < -0.39 is 6.17 Å². The number of nitrogens with one attached hydrogen (secondary N) is 1. The summed E-state index contributed by atoms with van der Waals surface area (Å²) in [6.45, 7) is 14.7. The molecule has 0 aliphatic carbocycles. The number of amides is 3. The highest BCUT2D eigenvalue weighted by Gasteiger charge is 2.46. The smallest absolute Gasteiger partial charge is 0.257 e. The largest absolute Gasteiger partial charge is 0.454 e. The van der Waals surface area contributed by atoms with Crippen LogP contribution < -0.4 is 14.8 Å². The van der Waals surface area contributed by atoms with Crippen molar-refractivity contribution in [2.75, 3.05) is 46.6 Å². The van der Waals surface area contributed by atoms with Crippen LogP contribution in [-0.2, 0) is 9.59 Å². The number of benzene rings is 1. The minimum absolute atomic E-state index is 0.0130. The Balaban J connectivity index is 0.000000559. The fourth-order valence-electron chi connectivity index (χ4n) is 4.09. The number of carbonyl (C=O) groups is 3. The Bertz CT molecular complexity index is 953. The first-order valence-electron chi connectivity index (χ1n) is 13.7. The molecule has 3 aliphatic rings. The van der Waals surface area contributed by atoms with Crippen LogP contribution >= 0.6 is 11.6 Å². The van der Waals surface area contributed by atoms with Crippen molar-refractivity contribution >= 4 is 29.3 Å². The Kier molecular flexibility index (Phi) is 12.7. The predicted molar refractivity (Wildman–Crippen MR) is 149 cm³/mol. The second kappa shape index (κ2) is 15.2. The molecule has 4 rings (SSSR count). The summed E-state index contributed by atoms with van der Waals surface area (Å²) in [6, 6.07) is 3.10. The molecule has 2 atom stereocenters. The molecule has 10 heteroatoms. The van der Waals surface area contributed by atoms with Gasteiger partial charge in [-0.25, -0.2) is 0 Å². The molecule has 2 fully saturated rings. The van der Waals surface area contributed by atoms with Gasteiger partial charge in [0, 0.05) is 12.6 Å². The van der Waals surface area contributed by atoms with Gasteiger partial charge in [0.2, 0.25) is 18.6 Å². The lowest BCUT2D eigenvalue weighted by Crippen LogP contribution is -2.59. The van der Waals surface area contributed by atoms with Crippen LogP contribution in [0, 0.1) is 11.8 Å².